The summed E-state index contributed by atoms with van der Waals surface area (Å²) >= 11 is 0. The Morgan fingerprint density at radius 1 is 1.58 bits per heavy atom. The SMILES string of the molecule is CCC(=O)[C@H](CSSc1ccc([N+](=O)[O-])cn1)NC. The van der Waals surface area contributed by atoms with Gasteiger partial charge in [-0.15, -0.1) is 0 Å². The van der Waals surface area contributed by atoms with Crippen LogP contribution >= 0.6 is 21.6 Å². The number of hydrogen-bond donors (Lipinski definition) is 1. The second-order valence-corrected chi connectivity index (χ2v) is 6.00. The lowest BCUT2D eigenvalue weighted by atomic mass is 10.2. The second-order valence-electron chi connectivity index (χ2n) is 3.64. The van der Waals surface area contributed by atoms with Crippen molar-refractivity contribution in [3.8, 4) is 0 Å². The zero-order valence-corrected chi connectivity index (χ0v) is 12.3. The standard InChI is InChI=1S/C11H15N3O3S2/c1-3-10(15)9(12-2)7-18-19-11-5-4-8(6-13-11)14(16)17/h4-6,9,12H,3,7H2,1-2H3/t9-/m0/s1. The van der Waals surface area contributed by atoms with E-state index in [1.54, 1.807) is 13.1 Å². The normalized spacial score (nSPS) is 12.1. The molecule has 0 radical (unpaired) electrons. The number of likely N-dealkylation sites (N-methyl/N-ethyl adjacent to an activating group) is 1. The van der Waals surface area contributed by atoms with E-state index in [-0.39, 0.29) is 17.5 Å². The first-order valence-corrected chi connectivity index (χ1v) is 8.00. The van der Waals surface area contributed by atoms with Crippen molar-refractivity contribution in [3.05, 3.63) is 28.4 Å². The molecule has 0 aliphatic heterocycles. The number of Topliss-reactive ketones (excluding diaryl/α,β-unsaturated/α-hetero) is 1. The molecule has 0 aromatic carbocycles. The summed E-state index contributed by atoms with van der Waals surface area (Å²) in [4.78, 5) is 25.5. The Bertz CT molecular complexity index is 439. The van der Waals surface area contributed by atoms with E-state index in [1.807, 2.05) is 6.92 Å². The maximum absolute atomic E-state index is 11.5. The van der Waals surface area contributed by atoms with Gasteiger partial charge in [-0.2, -0.15) is 0 Å². The van der Waals surface area contributed by atoms with E-state index in [2.05, 4.69) is 10.3 Å². The summed E-state index contributed by atoms with van der Waals surface area (Å²) in [6.45, 7) is 1.84. The summed E-state index contributed by atoms with van der Waals surface area (Å²) in [6.07, 6.45) is 1.74. The quantitative estimate of drug-likeness (QED) is 0.448. The molecule has 1 aromatic heterocycles. The molecule has 104 valence electrons. The average Bonchev–Trinajstić information content (AvgIpc) is 2.43. The van der Waals surface area contributed by atoms with E-state index in [4.69, 9.17) is 0 Å². The molecule has 1 aromatic rings. The molecule has 19 heavy (non-hydrogen) atoms. The summed E-state index contributed by atoms with van der Waals surface area (Å²) in [5.41, 5.74) is -0.0244. The molecule has 1 atom stereocenters. The number of ketones is 1. The van der Waals surface area contributed by atoms with E-state index in [1.165, 1.54) is 33.9 Å². The highest BCUT2D eigenvalue weighted by molar-refractivity contribution is 8.76. The molecule has 0 saturated carbocycles. The van der Waals surface area contributed by atoms with Crippen molar-refractivity contribution in [2.45, 2.75) is 24.4 Å². The topological polar surface area (TPSA) is 85.1 Å². The molecule has 6 nitrogen and oxygen atoms in total. The fraction of sp³-hybridized carbons (Fsp3) is 0.455. The minimum Gasteiger partial charge on any atom is -0.310 e. The first kappa shape index (κ1) is 15.9. The smallest absolute Gasteiger partial charge is 0.287 e. The monoisotopic (exact) mass is 301 g/mol. The molecule has 0 fully saturated rings. The molecule has 0 amide bonds. The molecular weight excluding hydrogens is 286 g/mol. The minimum absolute atomic E-state index is 0.0244. The number of nitro groups is 1. The van der Waals surface area contributed by atoms with Crippen molar-refractivity contribution in [3.63, 3.8) is 0 Å². The molecular formula is C11H15N3O3S2. The predicted octanol–water partition coefficient (Wildman–Crippen LogP) is 2.30. The molecule has 1 N–H and O–H groups in total. The Kier molecular flexibility index (Phi) is 6.82. The van der Waals surface area contributed by atoms with Crippen LogP contribution in [0, 0.1) is 10.1 Å². The number of carbonyl (C=O) groups is 1. The lowest BCUT2D eigenvalue weighted by Gasteiger charge is -2.12. The van der Waals surface area contributed by atoms with Crippen LogP contribution in [-0.2, 0) is 4.79 Å². The zero-order valence-electron chi connectivity index (χ0n) is 10.7. The number of hydrogen-bond acceptors (Lipinski definition) is 7. The second kappa shape index (κ2) is 8.13. The third-order valence-electron chi connectivity index (χ3n) is 2.40. The van der Waals surface area contributed by atoms with Gasteiger partial charge in [-0.1, -0.05) is 17.7 Å². The fourth-order valence-electron chi connectivity index (χ4n) is 1.28. The maximum Gasteiger partial charge on any atom is 0.287 e. The molecule has 0 spiro atoms. The molecule has 0 aliphatic rings. The van der Waals surface area contributed by atoms with Crippen LogP contribution in [0.4, 0.5) is 5.69 Å². The molecule has 0 bridgehead atoms. The molecule has 0 unspecified atom stereocenters. The lowest BCUT2D eigenvalue weighted by molar-refractivity contribution is -0.385. The molecule has 8 heteroatoms. The van der Waals surface area contributed by atoms with Crippen LogP contribution in [0.5, 0.6) is 0 Å². The van der Waals surface area contributed by atoms with Crippen LogP contribution < -0.4 is 5.32 Å². The number of carbonyl (C=O) groups excluding carboxylic acids is 1. The number of rotatable bonds is 8. The van der Waals surface area contributed by atoms with Crippen LogP contribution in [-0.4, -0.2) is 34.5 Å². The van der Waals surface area contributed by atoms with Crippen molar-refractivity contribution >= 4 is 33.1 Å². The summed E-state index contributed by atoms with van der Waals surface area (Å²) in [5, 5.41) is 14.1. The number of nitrogens with one attached hydrogen (secondary N) is 1. The number of aromatic nitrogens is 1. The van der Waals surface area contributed by atoms with Crippen LogP contribution in [0.1, 0.15) is 13.3 Å². The largest absolute Gasteiger partial charge is 0.310 e. The highest BCUT2D eigenvalue weighted by Crippen LogP contribution is 2.30. The van der Waals surface area contributed by atoms with Crippen molar-refractivity contribution in [2.24, 2.45) is 0 Å². The first-order chi connectivity index (χ1) is 9.08. The van der Waals surface area contributed by atoms with Gasteiger partial charge in [-0.05, 0) is 23.9 Å². The molecule has 0 saturated heterocycles. The minimum atomic E-state index is -0.481. The summed E-state index contributed by atoms with van der Waals surface area (Å²) < 4.78 is 0. The number of pyridine rings is 1. The average molecular weight is 301 g/mol. The van der Waals surface area contributed by atoms with E-state index in [0.29, 0.717) is 17.2 Å². The third-order valence-corrected chi connectivity index (χ3v) is 4.67. The van der Waals surface area contributed by atoms with Gasteiger partial charge in [0, 0.05) is 18.2 Å². The van der Waals surface area contributed by atoms with E-state index in [9.17, 15) is 14.9 Å². The Hall–Kier alpha value is -1.12. The van der Waals surface area contributed by atoms with Gasteiger partial charge in [0.15, 0.2) is 0 Å². The van der Waals surface area contributed by atoms with Gasteiger partial charge in [0.1, 0.15) is 17.0 Å². The Balaban J connectivity index is 2.44. The van der Waals surface area contributed by atoms with Gasteiger partial charge in [0.05, 0.1) is 11.0 Å². The van der Waals surface area contributed by atoms with Gasteiger partial charge in [-0.25, -0.2) is 4.98 Å². The van der Waals surface area contributed by atoms with Crippen LogP contribution in [0.2, 0.25) is 0 Å². The molecule has 1 heterocycles. The van der Waals surface area contributed by atoms with E-state index in [0.717, 1.165) is 0 Å². The van der Waals surface area contributed by atoms with E-state index < -0.39 is 4.92 Å². The first-order valence-electron chi connectivity index (χ1n) is 5.68. The number of nitrogens with zero attached hydrogens (tertiary/aromatic N) is 2. The van der Waals surface area contributed by atoms with Gasteiger partial charge in [0.2, 0.25) is 0 Å². The highest BCUT2D eigenvalue weighted by Gasteiger charge is 2.14. The van der Waals surface area contributed by atoms with Gasteiger partial charge in [0.25, 0.3) is 5.69 Å². The highest BCUT2D eigenvalue weighted by atomic mass is 33.1. The third kappa shape index (κ3) is 5.17. The van der Waals surface area contributed by atoms with Crippen molar-refractivity contribution in [1.29, 1.82) is 0 Å². The van der Waals surface area contributed by atoms with Crippen molar-refractivity contribution < 1.29 is 9.72 Å². The van der Waals surface area contributed by atoms with Crippen molar-refractivity contribution in [2.75, 3.05) is 12.8 Å². The van der Waals surface area contributed by atoms with Crippen LogP contribution in [0.25, 0.3) is 0 Å². The van der Waals surface area contributed by atoms with Crippen molar-refractivity contribution in [1.82, 2.24) is 10.3 Å². The van der Waals surface area contributed by atoms with E-state index >= 15 is 0 Å². The summed E-state index contributed by atoms with van der Waals surface area (Å²) in [5.74, 6) is 0.805. The van der Waals surface area contributed by atoms with Gasteiger partial charge < -0.3 is 5.32 Å². The summed E-state index contributed by atoms with van der Waals surface area (Å²) in [7, 11) is 4.66. The Morgan fingerprint density at radius 2 is 2.32 bits per heavy atom. The molecule has 0 aliphatic carbocycles. The zero-order chi connectivity index (χ0) is 14.3. The van der Waals surface area contributed by atoms with Crippen LogP contribution in [0.3, 0.4) is 0 Å². The molecule has 1 rings (SSSR count). The fourth-order valence-corrected chi connectivity index (χ4v) is 3.44. The lowest BCUT2D eigenvalue weighted by Crippen LogP contribution is -2.35. The maximum atomic E-state index is 11.5. The summed E-state index contributed by atoms with van der Waals surface area (Å²) in [6, 6.07) is 2.86. The predicted molar refractivity (Wildman–Crippen MR) is 77.4 cm³/mol. The van der Waals surface area contributed by atoms with Gasteiger partial charge in [-0.3, -0.25) is 14.9 Å². The Labute approximate surface area is 119 Å². The Morgan fingerprint density at radius 3 is 2.79 bits per heavy atom. The van der Waals surface area contributed by atoms with Gasteiger partial charge >= 0.3 is 0 Å². The van der Waals surface area contributed by atoms with Crippen LogP contribution in [0.15, 0.2) is 23.4 Å².